The lowest BCUT2D eigenvalue weighted by molar-refractivity contribution is 0.254. The van der Waals surface area contributed by atoms with Crippen LogP contribution in [0.1, 0.15) is 31.2 Å². The molecule has 2 amide bonds. The fourth-order valence-corrected chi connectivity index (χ4v) is 2.59. The number of allylic oxidation sites excluding steroid dienone is 2. The van der Waals surface area contributed by atoms with Crippen LogP contribution in [0.5, 0.6) is 0 Å². The number of carbonyl (C=O) groups excluding carboxylic acids is 1. The summed E-state index contributed by atoms with van der Waals surface area (Å²) < 4.78 is 1.95. The fourth-order valence-electron chi connectivity index (χ4n) is 2.59. The Balaban J connectivity index is 2.05. The lowest BCUT2D eigenvalue weighted by atomic mass is 9.94. The van der Waals surface area contributed by atoms with E-state index in [0.717, 1.165) is 29.7 Å². The van der Waals surface area contributed by atoms with Crippen LogP contribution in [-0.4, -0.2) is 22.5 Å². The molecule has 3 rings (SSSR count). The monoisotopic (exact) mass is 270 g/mol. The molecule has 2 aromatic rings. The van der Waals surface area contributed by atoms with Gasteiger partial charge < -0.3 is 15.0 Å². The molecule has 2 heterocycles. The molecule has 0 aliphatic heterocycles. The van der Waals surface area contributed by atoms with Crippen LogP contribution in [0.2, 0.25) is 0 Å². The van der Waals surface area contributed by atoms with E-state index in [1.54, 1.807) is 13.2 Å². The van der Waals surface area contributed by atoms with Gasteiger partial charge in [0.25, 0.3) is 0 Å². The van der Waals surface area contributed by atoms with Gasteiger partial charge in [0.2, 0.25) is 0 Å². The van der Waals surface area contributed by atoms with Gasteiger partial charge in [-0.25, -0.2) is 9.78 Å². The molecular weight excluding hydrogens is 252 g/mol. The SMILES string of the molecule is CNC(=O)Nc1cc(C2=CCCCC2)cn2ccnc12. The number of rotatable bonds is 2. The standard InChI is InChI=1S/C15H18N4O/c1-16-15(20)18-13-9-12(11-5-3-2-4-6-11)10-19-8-7-17-14(13)19/h5,7-10H,2-4,6H2,1H3,(H2,16,18,20). The molecule has 20 heavy (non-hydrogen) atoms. The molecule has 0 unspecified atom stereocenters. The molecule has 104 valence electrons. The Hall–Kier alpha value is -2.30. The van der Waals surface area contributed by atoms with Crippen LogP contribution in [-0.2, 0) is 0 Å². The van der Waals surface area contributed by atoms with E-state index in [-0.39, 0.29) is 6.03 Å². The highest BCUT2D eigenvalue weighted by Crippen LogP contribution is 2.29. The molecule has 0 saturated carbocycles. The van der Waals surface area contributed by atoms with Crippen LogP contribution in [0.3, 0.4) is 0 Å². The number of anilines is 1. The van der Waals surface area contributed by atoms with E-state index in [4.69, 9.17) is 0 Å². The molecule has 1 aliphatic carbocycles. The number of carbonyl (C=O) groups is 1. The normalized spacial score (nSPS) is 14.9. The Morgan fingerprint density at radius 3 is 3.05 bits per heavy atom. The highest BCUT2D eigenvalue weighted by atomic mass is 16.2. The number of amides is 2. The molecule has 5 heteroatoms. The smallest absolute Gasteiger partial charge is 0.319 e. The van der Waals surface area contributed by atoms with Crippen molar-refractivity contribution in [1.29, 1.82) is 0 Å². The van der Waals surface area contributed by atoms with Gasteiger partial charge in [-0.05, 0) is 42.9 Å². The van der Waals surface area contributed by atoms with Gasteiger partial charge in [0.05, 0.1) is 5.69 Å². The van der Waals surface area contributed by atoms with E-state index >= 15 is 0 Å². The van der Waals surface area contributed by atoms with E-state index in [1.165, 1.54) is 18.4 Å². The quantitative estimate of drug-likeness (QED) is 0.881. The molecule has 1 aliphatic rings. The van der Waals surface area contributed by atoms with Crippen molar-refractivity contribution in [2.75, 3.05) is 12.4 Å². The van der Waals surface area contributed by atoms with E-state index in [9.17, 15) is 4.79 Å². The highest BCUT2D eigenvalue weighted by Gasteiger charge is 2.12. The van der Waals surface area contributed by atoms with E-state index in [1.807, 2.05) is 16.7 Å². The minimum Gasteiger partial charge on any atom is -0.341 e. The molecule has 0 aromatic carbocycles. The summed E-state index contributed by atoms with van der Waals surface area (Å²) in [6.45, 7) is 0. The average Bonchev–Trinajstić information content (AvgIpc) is 2.96. The second-order valence-electron chi connectivity index (χ2n) is 4.98. The van der Waals surface area contributed by atoms with Gasteiger partial charge in [-0.15, -0.1) is 0 Å². The summed E-state index contributed by atoms with van der Waals surface area (Å²) in [6, 6.07) is 1.78. The molecule has 0 atom stereocenters. The Morgan fingerprint density at radius 1 is 1.40 bits per heavy atom. The summed E-state index contributed by atoms with van der Waals surface area (Å²) in [5, 5.41) is 5.41. The molecule has 0 fully saturated rings. The minimum absolute atomic E-state index is 0.232. The largest absolute Gasteiger partial charge is 0.341 e. The highest BCUT2D eigenvalue weighted by molar-refractivity contribution is 5.93. The summed E-state index contributed by atoms with van der Waals surface area (Å²) in [7, 11) is 1.60. The topological polar surface area (TPSA) is 58.4 Å². The van der Waals surface area contributed by atoms with Crippen molar-refractivity contribution in [2.45, 2.75) is 25.7 Å². The van der Waals surface area contributed by atoms with Crippen LogP contribution in [0, 0.1) is 0 Å². The van der Waals surface area contributed by atoms with Gasteiger partial charge in [0.15, 0.2) is 5.65 Å². The van der Waals surface area contributed by atoms with Crippen molar-refractivity contribution in [2.24, 2.45) is 0 Å². The number of hydrogen-bond acceptors (Lipinski definition) is 2. The van der Waals surface area contributed by atoms with Crippen molar-refractivity contribution in [3.63, 3.8) is 0 Å². The summed E-state index contributed by atoms with van der Waals surface area (Å²) in [5.41, 5.74) is 4.00. The maximum absolute atomic E-state index is 11.6. The zero-order valence-electron chi connectivity index (χ0n) is 11.5. The Bertz CT molecular complexity index is 672. The Morgan fingerprint density at radius 2 is 2.30 bits per heavy atom. The molecule has 0 spiro atoms. The van der Waals surface area contributed by atoms with Gasteiger partial charge in [-0.3, -0.25) is 0 Å². The fraction of sp³-hybridized carbons (Fsp3) is 0.333. The van der Waals surface area contributed by atoms with Crippen LogP contribution >= 0.6 is 0 Å². The average molecular weight is 270 g/mol. The number of hydrogen-bond donors (Lipinski definition) is 2. The van der Waals surface area contributed by atoms with E-state index in [2.05, 4.69) is 27.9 Å². The third-order valence-electron chi connectivity index (χ3n) is 3.62. The van der Waals surface area contributed by atoms with Gasteiger partial charge in [-0.2, -0.15) is 0 Å². The van der Waals surface area contributed by atoms with Crippen molar-refractivity contribution in [1.82, 2.24) is 14.7 Å². The number of nitrogens with one attached hydrogen (secondary N) is 2. The maximum atomic E-state index is 11.6. The van der Waals surface area contributed by atoms with Gasteiger partial charge >= 0.3 is 6.03 Å². The number of imidazole rings is 1. The molecule has 2 aromatic heterocycles. The molecule has 2 N–H and O–H groups in total. The van der Waals surface area contributed by atoms with Gasteiger partial charge in [-0.1, -0.05) is 6.08 Å². The first kappa shape index (κ1) is 12.7. The third kappa shape index (κ3) is 2.39. The third-order valence-corrected chi connectivity index (χ3v) is 3.62. The molecular formula is C15H18N4O. The maximum Gasteiger partial charge on any atom is 0.319 e. The Labute approximate surface area is 117 Å². The summed E-state index contributed by atoms with van der Waals surface area (Å²) >= 11 is 0. The molecule has 0 bridgehead atoms. The number of urea groups is 1. The van der Waals surface area contributed by atoms with Crippen molar-refractivity contribution >= 4 is 22.9 Å². The van der Waals surface area contributed by atoms with Crippen molar-refractivity contribution < 1.29 is 4.79 Å². The summed E-state index contributed by atoms with van der Waals surface area (Å²) in [5.74, 6) is 0. The lowest BCUT2D eigenvalue weighted by Crippen LogP contribution is -2.24. The summed E-state index contributed by atoms with van der Waals surface area (Å²) in [6.07, 6.45) is 12.7. The van der Waals surface area contributed by atoms with E-state index < -0.39 is 0 Å². The van der Waals surface area contributed by atoms with Crippen molar-refractivity contribution in [3.8, 4) is 0 Å². The lowest BCUT2D eigenvalue weighted by Gasteiger charge is -2.15. The molecule has 0 radical (unpaired) electrons. The number of aromatic nitrogens is 2. The second kappa shape index (κ2) is 5.36. The second-order valence-corrected chi connectivity index (χ2v) is 4.98. The van der Waals surface area contributed by atoms with E-state index in [0.29, 0.717) is 0 Å². The zero-order valence-corrected chi connectivity index (χ0v) is 11.5. The predicted molar refractivity (Wildman–Crippen MR) is 79.7 cm³/mol. The minimum atomic E-state index is -0.232. The zero-order chi connectivity index (χ0) is 13.9. The first-order valence-electron chi connectivity index (χ1n) is 6.93. The van der Waals surface area contributed by atoms with Crippen LogP contribution in [0.4, 0.5) is 10.5 Å². The first-order valence-corrected chi connectivity index (χ1v) is 6.93. The summed E-state index contributed by atoms with van der Waals surface area (Å²) in [4.78, 5) is 15.9. The van der Waals surface area contributed by atoms with Crippen LogP contribution in [0.25, 0.3) is 11.2 Å². The van der Waals surface area contributed by atoms with Crippen LogP contribution in [0.15, 0.2) is 30.7 Å². The van der Waals surface area contributed by atoms with Gasteiger partial charge in [0, 0.05) is 25.6 Å². The van der Waals surface area contributed by atoms with Gasteiger partial charge in [0.1, 0.15) is 0 Å². The van der Waals surface area contributed by atoms with Crippen LogP contribution < -0.4 is 10.6 Å². The van der Waals surface area contributed by atoms with Crippen molar-refractivity contribution in [3.05, 3.63) is 36.3 Å². The number of pyridine rings is 1. The Kier molecular flexibility index (Phi) is 3.41. The molecule has 5 nitrogen and oxygen atoms in total. The molecule has 0 saturated heterocycles. The first-order chi connectivity index (χ1) is 9.78. The number of fused-ring (bicyclic) bond motifs is 1. The number of nitrogens with zero attached hydrogens (tertiary/aromatic N) is 2. The predicted octanol–water partition coefficient (Wildman–Crippen LogP) is 3.04.